The van der Waals surface area contributed by atoms with E-state index >= 15 is 0 Å². The Balaban J connectivity index is 1.98. The molecule has 1 saturated carbocycles. The van der Waals surface area contributed by atoms with Gasteiger partial charge >= 0.3 is 6.18 Å². The summed E-state index contributed by atoms with van der Waals surface area (Å²) in [7, 11) is 0. The van der Waals surface area contributed by atoms with E-state index in [0.717, 1.165) is 12.8 Å². The third-order valence-electron chi connectivity index (χ3n) is 3.85. The van der Waals surface area contributed by atoms with Crippen molar-refractivity contribution < 1.29 is 13.2 Å². The molecule has 100 valence electrons. The molecule has 0 amide bonds. The van der Waals surface area contributed by atoms with Gasteiger partial charge in [-0.3, -0.25) is 4.90 Å². The zero-order valence-electron chi connectivity index (χ0n) is 10.5. The van der Waals surface area contributed by atoms with Crippen LogP contribution in [0.4, 0.5) is 13.2 Å². The van der Waals surface area contributed by atoms with E-state index in [1.807, 2.05) is 13.8 Å². The Morgan fingerprint density at radius 1 is 1.29 bits per heavy atom. The predicted molar refractivity (Wildman–Crippen MR) is 60.9 cm³/mol. The van der Waals surface area contributed by atoms with E-state index in [2.05, 4.69) is 5.32 Å². The fourth-order valence-corrected chi connectivity index (χ4v) is 2.87. The van der Waals surface area contributed by atoms with Crippen molar-refractivity contribution in [3.63, 3.8) is 0 Å². The lowest BCUT2D eigenvalue weighted by Crippen LogP contribution is -2.56. The van der Waals surface area contributed by atoms with E-state index in [9.17, 15) is 13.2 Å². The minimum absolute atomic E-state index is 0.212. The van der Waals surface area contributed by atoms with Gasteiger partial charge in [0.05, 0.1) is 0 Å². The lowest BCUT2D eigenvalue weighted by molar-refractivity contribution is -0.199. The molecule has 1 N–H and O–H groups in total. The fraction of sp³-hybridized carbons (Fsp3) is 1.00. The zero-order valence-corrected chi connectivity index (χ0v) is 10.5. The highest BCUT2D eigenvalue weighted by Crippen LogP contribution is 2.54. The first kappa shape index (κ1) is 13.1. The van der Waals surface area contributed by atoms with Crippen LogP contribution in [0.25, 0.3) is 0 Å². The molecule has 1 atom stereocenters. The fourth-order valence-electron chi connectivity index (χ4n) is 2.87. The van der Waals surface area contributed by atoms with Gasteiger partial charge in [-0.05, 0) is 32.2 Å². The van der Waals surface area contributed by atoms with Crippen molar-refractivity contribution in [2.24, 2.45) is 0 Å². The number of rotatable bonds is 3. The summed E-state index contributed by atoms with van der Waals surface area (Å²) in [6.45, 7) is 5.21. The molecule has 1 unspecified atom stereocenters. The topological polar surface area (TPSA) is 15.3 Å². The third-order valence-corrected chi connectivity index (χ3v) is 3.85. The van der Waals surface area contributed by atoms with Crippen LogP contribution < -0.4 is 5.32 Å². The maximum Gasteiger partial charge on any atom is 0.406 e. The number of halogens is 3. The van der Waals surface area contributed by atoms with Gasteiger partial charge in [-0.25, -0.2) is 0 Å². The van der Waals surface area contributed by atoms with Gasteiger partial charge in [0.1, 0.15) is 5.54 Å². The molecule has 0 spiro atoms. The van der Waals surface area contributed by atoms with Gasteiger partial charge in [-0.1, -0.05) is 13.8 Å². The van der Waals surface area contributed by atoms with Crippen molar-refractivity contribution in [1.82, 2.24) is 10.2 Å². The van der Waals surface area contributed by atoms with Crippen LogP contribution in [0.1, 0.15) is 39.5 Å². The molecule has 2 nitrogen and oxygen atoms in total. The zero-order chi connectivity index (χ0) is 12.7. The monoisotopic (exact) mass is 250 g/mol. The molecule has 0 aromatic rings. The molecular weight excluding hydrogens is 229 g/mol. The highest BCUT2D eigenvalue weighted by atomic mass is 19.4. The van der Waals surface area contributed by atoms with Crippen molar-refractivity contribution in [1.29, 1.82) is 0 Å². The minimum atomic E-state index is -4.06. The highest BCUT2D eigenvalue weighted by molar-refractivity contribution is 5.10. The van der Waals surface area contributed by atoms with Crippen molar-refractivity contribution in [2.45, 2.75) is 63.3 Å². The van der Waals surface area contributed by atoms with Crippen LogP contribution in [0.15, 0.2) is 0 Å². The average molecular weight is 250 g/mol. The van der Waals surface area contributed by atoms with Crippen LogP contribution in [-0.2, 0) is 0 Å². The van der Waals surface area contributed by atoms with Crippen molar-refractivity contribution >= 4 is 0 Å². The number of hydrogen-bond acceptors (Lipinski definition) is 2. The second-order valence-electron chi connectivity index (χ2n) is 5.64. The van der Waals surface area contributed by atoms with Gasteiger partial charge in [-0.15, -0.1) is 0 Å². The SMILES string of the molecule is CC(C)NC1CCCN(C2(C(F)(F)F)CC2)C1. The van der Waals surface area contributed by atoms with Crippen LogP contribution >= 0.6 is 0 Å². The van der Waals surface area contributed by atoms with E-state index in [4.69, 9.17) is 0 Å². The van der Waals surface area contributed by atoms with E-state index in [1.54, 1.807) is 4.90 Å². The third kappa shape index (κ3) is 2.60. The molecule has 1 aliphatic carbocycles. The number of hydrogen-bond donors (Lipinski definition) is 1. The summed E-state index contributed by atoms with van der Waals surface area (Å²) in [6.07, 6.45) is -1.65. The number of alkyl halides is 3. The summed E-state index contributed by atoms with van der Waals surface area (Å²) < 4.78 is 39.0. The first-order valence-electron chi connectivity index (χ1n) is 6.43. The van der Waals surface area contributed by atoms with Crippen molar-refractivity contribution in [3.05, 3.63) is 0 Å². The smallest absolute Gasteiger partial charge is 0.311 e. The van der Waals surface area contributed by atoms with Gasteiger partial charge < -0.3 is 5.32 Å². The quantitative estimate of drug-likeness (QED) is 0.828. The maximum atomic E-state index is 13.0. The number of piperidine rings is 1. The molecule has 1 aliphatic heterocycles. The standard InChI is InChI=1S/C12H21F3N2/c1-9(2)16-10-4-3-7-17(8-10)11(5-6-11)12(13,14)15/h9-10,16H,3-8H2,1-2H3. The minimum Gasteiger partial charge on any atom is -0.311 e. The van der Waals surface area contributed by atoms with Crippen molar-refractivity contribution in [3.8, 4) is 0 Å². The van der Waals surface area contributed by atoms with E-state index in [-0.39, 0.29) is 18.9 Å². The number of likely N-dealkylation sites (tertiary alicyclic amines) is 1. The summed E-state index contributed by atoms with van der Waals surface area (Å²) in [6, 6.07) is 0.546. The molecule has 0 aromatic heterocycles. The lowest BCUT2D eigenvalue weighted by atomic mass is 10.0. The van der Waals surface area contributed by atoms with Crippen LogP contribution in [0, 0.1) is 0 Å². The molecular formula is C12H21F3N2. The summed E-state index contributed by atoms with van der Waals surface area (Å²) in [5, 5.41) is 3.35. The number of nitrogens with zero attached hydrogens (tertiary/aromatic N) is 1. The molecule has 0 bridgehead atoms. The van der Waals surface area contributed by atoms with Gasteiger partial charge in [0, 0.05) is 18.6 Å². The molecule has 2 fully saturated rings. The summed E-state index contributed by atoms with van der Waals surface area (Å²) in [5.41, 5.74) is -1.48. The van der Waals surface area contributed by atoms with Gasteiger partial charge in [0.15, 0.2) is 0 Å². The van der Waals surface area contributed by atoms with E-state index in [1.165, 1.54) is 0 Å². The van der Waals surface area contributed by atoms with E-state index < -0.39 is 11.7 Å². The Morgan fingerprint density at radius 3 is 2.41 bits per heavy atom. The van der Waals surface area contributed by atoms with E-state index in [0.29, 0.717) is 19.1 Å². The molecule has 2 rings (SSSR count). The molecule has 2 aliphatic rings. The normalized spacial score (nSPS) is 29.6. The Kier molecular flexibility index (Phi) is 3.42. The van der Waals surface area contributed by atoms with Crippen LogP contribution in [0.2, 0.25) is 0 Å². The molecule has 1 heterocycles. The Labute approximate surface area is 101 Å². The number of nitrogens with one attached hydrogen (secondary N) is 1. The molecule has 1 saturated heterocycles. The lowest BCUT2D eigenvalue weighted by Gasteiger charge is -2.40. The Hall–Kier alpha value is -0.290. The summed E-state index contributed by atoms with van der Waals surface area (Å²) in [5.74, 6) is 0. The van der Waals surface area contributed by atoms with Gasteiger partial charge in [0.2, 0.25) is 0 Å². The molecule has 0 radical (unpaired) electrons. The largest absolute Gasteiger partial charge is 0.406 e. The van der Waals surface area contributed by atoms with Gasteiger partial charge in [-0.2, -0.15) is 13.2 Å². The second kappa shape index (κ2) is 4.43. The average Bonchev–Trinajstić information content (AvgIpc) is 2.96. The Bertz CT molecular complexity index is 271. The molecule has 5 heteroatoms. The first-order valence-corrected chi connectivity index (χ1v) is 6.43. The Morgan fingerprint density at radius 2 is 1.94 bits per heavy atom. The maximum absolute atomic E-state index is 13.0. The second-order valence-corrected chi connectivity index (χ2v) is 5.64. The van der Waals surface area contributed by atoms with Crippen LogP contribution in [0.3, 0.4) is 0 Å². The van der Waals surface area contributed by atoms with Crippen molar-refractivity contribution in [2.75, 3.05) is 13.1 Å². The highest BCUT2D eigenvalue weighted by Gasteiger charge is 2.66. The van der Waals surface area contributed by atoms with Crippen LogP contribution in [0.5, 0.6) is 0 Å². The summed E-state index contributed by atoms with van der Waals surface area (Å²) >= 11 is 0. The first-order chi connectivity index (χ1) is 7.85. The predicted octanol–water partition coefficient (Wildman–Crippen LogP) is 2.54. The van der Waals surface area contributed by atoms with Gasteiger partial charge in [0.25, 0.3) is 0 Å². The molecule has 17 heavy (non-hydrogen) atoms. The summed E-state index contributed by atoms with van der Waals surface area (Å²) in [4.78, 5) is 1.66. The molecule has 0 aromatic carbocycles. The van der Waals surface area contributed by atoms with Crippen LogP contribution in [-0.4, -0.2) is 41.8 Å².